The first kappa shape index (κ1) is 117. The van der Waals surface area contributed by atoms with E-state index in [0.29, 0.717) is 37.7 Å². The maximum atomic E-state index is 16.9. The topological polar surface area (TPSA) is 732 Å². The monoisotopic (exact) mass is 2080 g/mol. The zero-order valence-corrected chi connectivity index (χ0v) is 83.9. The normalized spacial score (nSPS) is 47.7. The lowest BCUT2D eigenvalue weighted by atomic mass is 9.33. The molecule has 145 heavy (non-hydrogen) atoms. The lowest BCUT2D eigenvalue weighted by Crippen LogP contribution is -2.70. The van der Waals surface area contributed by atoms with Gasteiger partial charge >= 0.3 is 17.9 Å². The number of esters is 3. The number of hydrogen-bond donors (Lipinski definition) is 25. The molecule has 0 spiro atoms. The highest BCUT2D eigenvalue weighted by Gasteiger charge is 2.74. The second-order valence-corrected chi connectivity index (χ2v) is 44.1. The number of hydrogen-bond acceptors (Lipinski definition) is 46. The van der Waals surface area contributed by atoms with Crippen LogP contribution in [0, 0.1) is 50.2 Å². The zero-order chi connectivity index (χ0) is 107. The van der Waals surface area contributed by atoms with Gasteiger partial charge in [0.2, 0.25) is 12.2 Å². The second-order valence-electron chi connectivity index (χ2n) is 44.1. The van der Waals surface area contributed by atoms with Crippen LogP contribution in [0.1, 0.15) is 167 Å². The van der Waals surface area contributed by atoms with Gasteiger partial charge in [-0.2, -0.15) is 0 Å². The molecule has 4 saturated carbocycles. The van der Waals surface area contributed by atoms with Crippen molar-refractivity contribution in [3.8, 4) is 0 Å². The predicted octanol–water partition coefficient (Wildman–Crippen LogP) is -5.92. The average Bonchev–Trinajstić information content (AvgIpc) is 1.17. The van der Waals surface area contributed by atoms with E-state index >= 15 is 9.59 Å². The van der Waals surface area contributed by atoms with Crippen LogP contribution in [0.25, 0.3) is 0 Å². The minimum atomic E-state index is -2.30. The highest BCUT2D eigenvalue weighted by molar-refractivity contribution is 5.89. The van der Waals surface area contributed by atoms with E-state index in [1.165, 1.54) is 58.9 Å². The van der Waals surface area contributed by atoms with E-state index in [0.717, 1.165) is 0 Å². The van der Waals surface area contributed by atoms with Gasteiger partial charge in [-0.3, -0.25) is 9.59 Å². The molecule has 0 aromatic carbocycles. The van der Waals surface area contributed by atoms with Crippen molar-refractivity contribution in [2.24, 2.45) is 50.2 Å². The van der Waals surface area contributed by atoms with Crippen LogP contribution in [-0.4, -0.2) is 456 Å². The molecule has 0 aromatic heterocycles. The molecule has 25 N–H and O–H groups in total. The largest absolute Gasteiger partial charge is 0.458 e. The summed E-state index contributed by atoms with van der Waals surface area (Å²) in [5, 5.41) is 272. The Bertz CT molecular complexity index is 4490. The third-order valence-corrected chi connectivity index (χ3v) is 34.0. The molecule has 8 saturated heterocycles. The predicted molar refractivity (Wildman–Crippen MR) is 490 cm³/mol. The van der Waals surface area contributed by atoms with Crippen molar-refractivity contribution < 1.29 is 227 Å². The van der Waals surface area contributed by atoms with Crippen LogP contribution in [0.2, 0.25) is 0 Å². The lowest BCUT2D eigenvalue weighted by Gasteiger charge is -2.72. The Morgan fingerprint density at radius 2 is 0.986 bits per heavy atom. The summed E-state index contributed by atoms with van der Waals surface area (Å²) in [6.07, 6.45) is -60.8. The van der Waals surface area contributed by atoms with Crippen molar-refractivity contribution in [1.82, 2.24) is 5.32 Å². The number of carbonyl (C=O) groups excluding carboxylic acids is 4. The molecule has 47 heteroatoms. The van der Waals surface area contributed by atoms with Crippen molar-refractivity contribution >= 4 is 23.8 Å². The van der Waals surface area contributed by atoms with Crippen molar-refractivity contribution in [3.05, 3.63) is 60.3 Å². The smallest absolute Gasteiger partial charge is 0.336 e. The summed E-state index contributed by atoms with van der Waals surface area (Å²) in [5.41, 5.74) is -9.27. The molecule has 0 bridgehead atoms. The molecule has 8 heterocycles. The summed E-state index contributed by atoms with van der Waals surface area (Å²) < 4.78 is 110. The summed E-state index contributed by atoms with van der Waals surface area (Å²) in [6, 6.07) is -1.38. The number of carbonyl (C=O) groups is 4. The van der Waals surface area contributed by atoms with E-state index in [9.17, 15) is 132 Å². The average molecular weight is 2080 g/mol. The molecule has 13 rings (SSSR count). The van der Waals surface area contributed by atoms with Gasteiger partial charge in [-0.05, 0) is 145 Å². The Hall–Kier alpha value is -4.98. The van der Waals surface area contributed by atoms with Crippen LogP contribution in [0.4, 0.5) is 0 Å². The minimum absolute atomic E-state index is 0.0700. The Kier molecular flexibility index (Phi) is 37.4. The lowest BCUT2D eigenvalue weighted by molar-refractivity contribution is -0.390. The van der Waals surface area contributed by atoms with E-state index in [-0.39, 0.29) is 61.5 Å². The number of nitrogens with one attached hydrogen (secondary N) is 1. The van der Waals surface area contributed by atoms with Crippen LogP contribution >= 0.6 is 0 Å². The Morgan fingerprint density at radius 3 is 1.59 bits per heavy atom. The fourth-order valence-corrected chi connectivity index (χ4v) is 24.6. The quantitative estimate of drug-likeness (QED) is 0.00924. The first-order chi connectivity index (χ1) is 68.0. The molecule has 8 aliphatic heterocycles. The van der Waals surface area contributed by atoms with Gasteiger partial charge in [0.05, 0.1) is 99.1 Å². The first-order valence-corrected chi connectivity index (χ1v) is 50.0. The second kappa shape index (κ2) is 46.4. The SMILES string of the molecule is C=C[C@@](C)(O)CC/C=C(\CO)C(=O)O[C@H]1[C@H](O)[C@@H](O[C@](C)(C=C)CC/C=C(\CO)C(=O)O[C@H]2C[C@]3(C(=O)O[C@H]4O[C@@H](CO)[C@H](O)[C@@H](O)[C@@H]4O[C@H]4O[C@@H](C)[C@H](O[C@H]5O[C@H](CO)[C@@H](O)[C@@H]5O)[C@@H](O[C@H]5O[C@@H](CO)[C@H](O)[C@@H](O)[C@@H]5O)[C@@H]4O)[C@@H](O)C[C@@]4(C)C(=CC[C@H]5[C@@]6(C)CC[C@@H](O[C@@H]7O[C@H](CO[C@H]8O[C@@H](C)[C@H](O)[C@@H](O)[C@@H]8O[C@H]8OC[C@H](O)[C@@H](O)[C@@H]8O)[C@@H](O)[C@H](O)[C@H]7NC(C)=O)C(C)(C)[C@H]6CC[C@@]54C)[C@@H]3CC2(C)C)O[C@@H](C)[C@@H]1O. The molecular formula is C98H155NO46. The Labute approximate surface area is 839 Å². The summed E-state index contributed by atoms with van der Waals surface area (Å²) in [7, 11) is 0. The van der Waals surface area contributed by atoms with Gasteiger partial charge in [0, 0.05) is 18.8 Å². The molecular weight excluding hydrogens is 1930 g/mol. The standard InChI is InChI=1S/C98H155NO46/c1-16-93(11,127)26-18-20-45(34-101)81(125)139-76-60(109)41(4)130-87(73(76)122)145-94(12,17-2)27-19-21-44(33-100)80(124)137-57-32-98(90(126)144-89-79(69(118)63(112)50(36-103)135-89)143-86-74(123)77(141-85-72(121)67(116)62(111)49(35-102)133-85)75(42(5)132-86)140-84-71(120)64(113)51(37-104)134-84)47(30-91(57,7)8)46-22-23-54-95(13)28-25-56(92(9,10)53(95)24-29-96(54,14)97(46,15)31-55(98)107)138-82-58(99-43(6)105)66(115)65(114)52(136-82)39-129-88-78(68(117)59(108)40(3)131-88)142-83-70(119)61(110)48(106)38-128-83/h16-17,20-22,40-42,47-79,82-89,100-104,106-123,127H,1-2,18-19,23-39H2,3-15H3,(H,99,105)/b44-21+,45-20+/t40-,41-,42-,47-,48-,49-,50-,51+,52+,53+,54-,55-,56+,57-,58+,59-,60-,61+,62-,63-,64+,65+,66+,67+,68+,69+,70-,71-,72-,73-,74-,75-,76+,77-,78-,79-,82-,83+,84+,85+,86+,87+,88-,89+,93+,94+,95-,96-,97-,98+/m0/s1. The molecule has 1 amide bonds. The fraction of sp³-hybridized carbons (Fsp3) is 0.857. The van der Waals surface area contributed by atoms with Crippen molar-refractivity contribution in [2.45, 2.75) is 430 Å². The van der Waals surface area contributed by atoms with Gasteiger partial charge in [0.1, 0.15) is 164 Å². The molecule has 828 valence electrons. The molecule has 0 radical (unpaired) electrons. The molecule has 13 aliphatic rings. The van der Waals surface area contributed by atoms with Crippen LogP contribution in [-0.2, 0) is 104 Å². The molecule has 50 atom stereocenters. The third kappa shape index (κ3) is 23.0. The summed E-state index contributed by atoms with van der Waals surface area (Å²) in [6.45, 7) is 24.4. The minimum Gasteiger partial charge on any atom is -0.458 e. The number of allylic oxidation sites excluding steroid dienone is 4. The molecule has 5 aliphatic carbocycles. The van der Waals surface area contributed by atoms with Gasteiger partial charge in [-0.15, -0.1) is 13.2 Å². The van der Waals surface area contributed by atoms with E-state index < -0.39 is 378 Å². The van der Waals surface area contributed by atoms with Crippen LogP contribution in [0.15, 0.2) is 60.3 Å². The highest BCUT2D eigenvalue weighted by Crippen LogP contribution is 2.76. The number of amides is 1. The van der Waals surface area contributed by atoms with Gasteiger partial charge in [-0.25, -0.2) is 9.59 Å². The molecule has 12 fully saturated rings. The number of aliphatic hydroxyl groups is 24. The highest BCUT2D eigenvalue weighted by atomic mass is 16.8. The van der Waals surface area contributed by atoms with Gasteiger partial charge in [-0.1, -0.05) is 84.4 Å². The summed E-state index contributed by atoms with van der Waals surface area (Å²) in [5.74, 6) is -5.56. The number of ether oxygens (including phenoxy) is 18. The number of rotatable bonds is 35. The number of fused-ring (bicyclic) bond motifs is 7. The number of aliphatic hydroxyl groups excluding tert-OH is 23. The van der Waals surface area contributed by atoms with Crippen LogP contribution in [0.3, 0.4) is 0 Å². The molecule has 0 unspecified atom stereocenters. The molecule has 0 aromatic rings. The van der Waals surface area contributed by atoms with Gasteiger partial charge < -0.3 is 213 Å². The molecule has 47 nitrogen and oxygen atoms in total. The summed E-state index contributed by atoms with van der Waals surface area (Å²) in [4.78, 5) is 58.6. The van der Waals surface area contributed by atoms with E-state index in [2.05, 4.69) is 38.4 Å². The zero-order valence-electron chi connectivity index (χ0n) is 83.9. The fourth-order valence-electron chi connectivity index (χ4n) is 24.6. The van der Waals surface area contributed by atoms with E-state index in [1.807, 2.05) is 20.8 Å². The maximum Gasteiger partial charge on any atom is 0.336 e. The van der Waals surface area contributed by atoms with Gasteiger partial charge in [0.25, 0.3) is 0 Å². The van der Waals surface area contributed by atoms with Crippen LogP contribution in [0.5, 0.6) is 0 Å². The Balaban J connectivity index is 0.794. The van der Waals surface area contributed by atoms with Crippen molar-refractivity contribution in [1.29, 1.82) is 0 Å². The van der Waals surface area contributed by atoms with E-state index in [1.54, 1.807) is 20.8 Å². The van der Waals surface area contributed by atoms with Crippen molar-refractivity contribution in [2.75, 3.05) is 46.2 Å². The maximum absolute atomic E-state index is 16.9. The third-order valence-electron chi connectivity index (χ3n) is 34.0. The Morgan fingerprint density at radius 1 is 0.476 bits per heavy atom. The van der Waals surface area contributed by atoms with Gasteiger partial charge in [0.15, 0.2) is 56.2 Å². The van der Waals surface area contributed by atoms with Crippen LogP contribution < -0.4 is 5.32 Å². The van der Waals surface area contributed by atoms with Crippen molar-refractivity contribution in [3.63, 3.8) is 0 Å². The first-order valence-electron chi connectivity index (χ1n) is 50.0. The summed E-state index contributed by atoms with van der Waals surface area (Å²) >= 11 is 0. The van der Waals surface area contributed by atoms with E-state index in [4.69, 9.17) is 85.3 Å².